The van der Waals surface area contributed by atoms with Gasteiger partial charge in [0.15, 0.2) is 0 Å². The van der Waals surface area contributed by atoms with E-state index in [1.54, 1.807) is 0 Å². The Morgan fingerprint density at radius 1 is 1.50 bits per heavy atom. The van der Waals surface area contributed by atoms with Crippen molar-refractivity contribution in [1.29, 1.82) is 0 Å². The monoisotopic (exact) mass is 134 g/mol. The van der Waals surface area contributed by atoms with Gasteiger partial charge in [-0.2, -0.15) is 0 Å². The van der Waals surface area contributed by atoms with Gasteiger partial charge in [0.1, 0.15) is 0 Å². The van der Waals surface area contributed by atoms with Gasteiger partial charge in [0, 0.05) is 6.54 Å². The van der Waals surface area contributed by atoms with Crippen molar-refractivity contribution >= 4 is 11.4 Å². The van der Waals surface area contributed by atoms with Gasteiger partial charge >= 0.3 is 0 Å². The molecule has 0 fully saturated rings. The van der Waals surface area contributed by atoms with Gasteiger partial charge in [-0.3, -0.25) is 0 Å². The number of nitrogens with two attached hydrogens (primary N) is 1. The van der Waals surface area contributed by atoms with Crippen molar-refractivity contribution in [3.05, 3.63) is 23.3 Å². The van der Waals surface area contributed by atoms with E-state index in [-0.39, 0.29) is 0 Å². The molecule has 0 saturated heterocycles. The Labute approximate surface area is 60.0 Å². The molecule has 10 heavy (non-hydrogen) atoms. The molecular formula is C8H10N2. The van der Waals surface area contributed by atoms with Crippen molar-refractivity contribution in [3.8, 4) is 0 Å². The first-order chi connectivity index (χ1) is 4.77. The number of aryl methyl sites for hydroxylation is 1. The second-order valence-corrected chi connectivity index (χ2v) is 2.74. The summed E-state index contributed by atoms with van der Waals surface area (Å²) in [6.45, 7) is 2.98. The Kier molecular flexibility index (Phi) is 0.926. The molecule has 2 heteroatoms. The van der Waals surface area contributed by atoms with Crippen LogP contribution in [0.4, 0.5) is 11.4 Å². The Morgan fingerprint density at radius 2 is 2.30 bits per heavy atom. The Morgan fingerprint density at radius 3 is 3.00 bits per heavy atom. The first-order valence-electron chi connectivity index (χ1n) is 3.40. The molecule has 0 radical (unpaired) electrons. The van der Waals surface area contributed by atoms with Crippen LogP contribution in [0.3, 0.4) is 0 Å². The van der Waals surface area contributed by atoms with Gasteiger partial charge in [0.2, 0.25) is 0 Å². The number of hydrogen-bond donors (Lipinski definition) is 2. The minimum Gasteiger partial charge on any atom is -0.397 e. The first-order valence-corrected chi connectivity index (χ1v) is 3.40. The van der Waals surface area contributed by atoms with E-state index in [1.807, 2.05) is 0 Å². The lowest BCUT2D eigenvalue weighted by Gasteiger charge is -1.97. The molecule has 0 saturated carbocycles. The maximum Gasteiger partial charge on any atom is 0.0600 e. The van der Waals surface area contributed by atoms with Crippen LogP contribution in [-0.2, 0) is 6.54 Å². The number of hydrogen-bond acceptors (Lipinski definition) is 2. The van der Waals surface area contributed by atoms with Crippen LogP contribution in [0.1, 0.15) is 11.1 Å². The molecule has 1 aliphatic rings. The lowest BCUT2D eigenvalue weighted by Crippen LogP contribution is -1.87. The molecule has 1 aromatic rings. The zero-order valence-corrected chi connectivity index (χ0v) is 5.94. The van der Waals surface area contributed by atoms with Gasteiger partial charge < -0.3 is 11.1 Å². The largest absolute Gasteiger partial charge is 0.397 e. The highest BCUT2D eigenvalue weighted by atomic mass is 14.9. The minimum absolute atomic E-state index is 0.898. The number of fused-ring (bicyclic) bond motifs is 2. The van der Waals surface area contributed by atoms with Crippen LogP contribution in [-0.4, -0.2) is 0 Å². The fourth-order valence-electron chi connectivity index (χ4n) is 1.36. The number of nitrogens with one attached hydrogen (secondary N) is 1. The van der Waals surface area contributed by atoms with Crippen LogP contribution in [0.2, 0.25) is 0 Å². The Balaban J connectivity index is 2.69. The molecule has 0 atom stereocenters. The van der Waals surface area contributed by atoms with Gasteiger partial charge in [0.05, 0.1) is 11.4 Å². The molecule has 0 unspecified atom stereocenters. The van der Waals surface area contributed by atoms with E-state index in [9.17, 15) is 0 Å². The third kappa shape index (κ3) is 0.588. The lowest BCUT2D eigenvalue weighted by atomic mass is 10.1. The molecular weight excluding hydrogens is 124 g/mol. The van der Waals surface area contributed by atoms with E-state index in [1.165, 1.54) is 11.1 Å². The predicted octanol–water partition coefficient (Wildman–Crippen LogP) is 1.50. The number of anilines is 2. The Bertz CT molecular complexity index is 254. The molecule has 2 nitrogen and oxygen atoms in total. The van der Waals surface area contributed by atoms with Gasteiger partial charge in [-0.05, 0) is 24.1 Å². The van der Waals surface area contributed by atoms with E-state index in [2.05, 4.69) is 24.4 Å². The topological polar surface area (TPSA) is 38.0 Å². The first kappa shape index (κ1) is 5.59. The van der Waals surface area contributed by atoms with Gasteiger partial charge in [0.25, 0.3) is 0 Å². The fourth-order valence-corrected chi connectivity index (χ4v) is 1.36. The smallest absolute Gasteiger partial charge is 0.0600 e. The van der Waals surface area contributed by atoms with Crippen molar-refractivity contribution in [2.75, 3.05) is 11.1 Å². The zero-order valence-electron chi connectivity index (χ0n) is 5.94. The van der Waals surface area contributed by atoms with Crippen LogP contribution >= 0.6 is 0 Å². The highest BCUT2D eigenvalue weighted by Gasteiger charge is 2.12. The van der Waals surface area contributed by atoms with E-state index < -0.39 is 0 Å². The molecule has 1 heterocycles. The average molecular weight is 134 g/mol. The number of rotatable bonds is 0. The predicted molar refractivity (Wildman–Crippen MR) is 42.9 cm³/mol. The normalized spacial score (nSPS) is 13.3. The van der Waals surface area contributed by atoms with Crippen LogP contribution in [0.25, 0.3) is 0 Å². The van der Waals surface area contributed by atoms with Crippen molar-refractivity contribution in [3.63, 3.8) is 0 Å². The molecule has 1 aromatic carbocycles. The second kappa shape index (κ2) is 1.66. The zero-order chi connectivity index (χ0) is 7.14. The van der Waals surface area contributed by atoms with E-state index in [0.717, 1.165) is 17.9 Å². The fraction of sp³-hybridized carbons (Fsp3) is 0.250. The van der Waals surface area contributed by atoms with Gasteiger partial charge in [-0.1, -0.05) is 6.07 Å². The van der Waals surface area contributed by atoms with Crippen molar-refractivity contribution in [1.82, 2.24) is 0 Å². The summed E-state index contributed by atoms with van der Waals surface area (Å²) in [7, 11) is 0. The Hall–Kier alpha value is -1.18. The van der Waals surface area contributed by atoms with Crippen molar-refractivity contribution in [2.45, 2.75) is 13.5 Å². The summed E-state index contributed by atoms with van der Waals surface area (Å²) in [4.78, 5) is 0. The van der Waals surface area contributed by atoms with Crippen LogP contribution < -0.4 is 11.1 Å². The van der Waals surface area contributed by atoms with E-state index in [4.69, 9.17) is 5.73 Å². The molecule has 3 N–H and O–H groups in total. The molecule has 0 aliphatic carbocycles. The highest BCUT2D eigenvalue weighted by molar-refractivity contribution is 5.75. The van der Waals surface area contributed by atoms with Gasteiger partial charge in [-0.25, -0.2) is 0 Å². The molecule has 0 aromatic heterocycles. The van der Waals surface area contributed by atoms with Crippen molar-refractivity contribution < 1.29 is 0 Å². The molecule has 2 bridgehead atoms. The van der Waals surface area contributed by atoms with E-state index in [0.29, 0.717) is 0 Å². The second-order valence-electron chi connectivity index (χ2n) is 2.74. The maximum atomic E-state index is 5.75. The molecule has 0 spiro atoms. The summed E-state index contributed by atoms with van der Waals surface area (Å²) in [6.07, 6.45) is 0. The highest BCUT2D eigenvalue weighted by Crippen LogP contribution is 2.31. The number of benzene rings is 1. The molecule has 2 rings (SSSR count). The average Bonchev–Trinajstić information content (AvgIpc) is 2.20. The summed E-state index contributed by atoms with van der Waals surface area (Å²) in [5.74, 6) is 0. The third-order valence-corrected chi connectivity index (χ3v) is 1.88. The third-order valence-electron chi connectivity index (χ3n) is 1.88. The van der Waals surface area contributed by atoms with Crippen LogP contribution in [0, 0.1) is 6.92 Å². The van der Waals surface area contributed by atoms with Gasteiger partial charge in [-0.15, -0.1) is 0 Å². The summed E-state index contributed by atoms with van der Waals surface area (Å²) >= 11 is 0. The molecule has 0 amide bonds. The lowest BCUT2D eigenvalue weighted by molar-refractivity contribution is 1.22. The van der Waals surface area contributed by atoms with Crippen LogP contribution in [0.15, 0.2) is 12.1 Å². The standard InChI is InChI=1S/C8H10N2/c1-5-2-6-4-10-7(3-5)8(6)9/h2-3,10H,4,9H2,1H3. The quantitative estimate of drug-likeness (QED) is 0.528. The van der Waals surface area contributed by atoms with Crippen molar-refractivity contribution in [2.24, 2.45) is 0 Å². The maximum absolute atomic E-state index is 5.75. The van der Waals surface area contributed by atoms with E-state index >= 15 is 0 Å². The molecule has 1 aliphatic heterocycles. The number of nitrogen functional groups attached to an aromatic ring is 1. The molecule has 52 valence electrons. The van der Waals surface area contributed by atoms with Crippen LogP contribution in [0.5, 0.6) is 0 Å². The summed E-state index contributed by atoms with van der Waals surface area (Å²) in [5, 5.41) is 3.21. The SMILES string of the molecule is Cc1cc2c(N)c(c1)NC2. The summed E-state index contributed by atoms with van der Waals surface area (Å²) < 4.78 is 0. The summed E-state index contributed by atoms with van der Waals surface area (Å²) in [6, 6.07) is 4.20. The minimum atomic E-state index is 0.898. The summed E-state index contributed by atoms with van der Waals surface area (Å²) in [5.41, 5.74) is 10.3.